The summed E-state index contributed by atoms with van der Waals surface area (Å²) in [6.45, 7) is 10.7. The van der Waals surface area contributed by atoms with Crippen molar-refractivity contribution in [2.45, 2.75) is 58.2 Å². The molecular weight excluding hydrogens is 478 g/mol. The van der Waals surface area contributed by atoms with Gasteiger partial charge in [-0.2, -0.15) is 5.26 Å². The summed E-state index contributed by atoms with van der Waals surface area (Å²) in [6.07, 6.45) is 4.26. The minimum absolute atomic E-state index is 0.280. The molecule has 0 aliphatic carbocycles. The first kappa shape index (κ1) is 31.3. The topological polar surface area (TPSA) is 118 Å². The van der Waals surface area contributed by atoms with Gasteiger partial charge in [-0.3, -0.25) is 9.80 Å². The van der Waals surface area contributed by atoms with Gasteiger partial charge in [-0.15, -0.1) is 0 Å². The fraction of sp³-hybridized carbons (Fsp3) is 0.533. The van der Waals surface area contributed by atoms with Crippen LogP contribution in [-0.4, -0.2) is 74.3 Å². The molecule has 2 aliphatic rings. The van der Waals surface area contributed by atoms with Crippen molar-refractivity contribution in [1.29, 1.82) is 5.26 Å². The molecular formula is C30H45N5O3. The van der Waals surface area contributed by atoms with Crippen LogP contribution in [0.25, 0.3) is 0 Å². The molecule has 0 aromatic heterocycles. The predicted octanol–water partition coefficient (Wildman–Crippen LogP) is 3.78. The van der Waals surface area contributed by atoms with E-state index < -0.39 is 0 Å². The second-order valence-corrected chi connectivity index (χ2v) is 9.47. The molecule has 38 heavy (non-hydrogen) atoms. The lowest BCUT2D eigenvalue weighted by atomic mass is 10.0. The number of benzene rings is 2. The van der Waals surface area contributed by atoms with Crippen LogP contribution in [0.5, 0.6) is 5.75 Å². The van der Waals surface area contributed by atoms with Gasteiger partial charge in [0.15, 0.2) is 0 Å². The Morgan fingerprint density at radius 1 is 0.947 bits per heavy atom. The highest BCUT2D eigenvalue weighted by Crippen LogP contribution is 2.15. The number of rotatable bonds is 7. The molecule has 2 heterocycles. The van der Waals surface area contributed by atoms with Crippen molar-refractivity contribution in [3.8, 4) is 11.8 Å². The predicted molar refractivity (Wildman–Crippen MR) is 152 cm³/mol. The minimum atomic E-state index is -0.280. The number of piperidine rings is 2. The van der Waals surface area contributed by atoms with E-state index in [1.54, 1.807) is 18.2 Å². The Morgan fingerprint density at radius 2 is 1.53 bits per heavy atom. The van der Waals surface area contributed by atoms with E-state index in [9.17, 15) is 4.79 Å². The number of hydrogen-bond donors (Lipinski definition) is 2. The standard InChI is InChI=1S/C14H19N3O.C14H20N2O2.C2H6/c15-11-12-1-3-14(4-2-12)18-10-9-17-7-5-13(16)6-8-17;1-18-14(17)12-4-2-3-11(9-12)10-16-7-5-13(15)6-8-16;1-2/h1-4,13H,5-10,16H2;2-4,9,13H,5-8,10,15H2,1H3;1-2H3. The summed E-state index contributed by atoms with van der Waals surface area (Å²) in [7, 11) is 1.40. The van der Waals surface area contributed by atoms with Gasteiger partial charge in [0, 0.05) is 25.2 Å². The van der Waals surface area contributed by atoms with E-state index in [0.717, 1.165) is 76.3 Å². The van der Waals surface area contributed by atoms with E-state index in [-0.39, 0.29) is 5.97 Å². The van der Waals surface area contributed by atoms with Crippen molar-refractivity contribution in [3.63, 3.8) is 0 Å². The number of likely N-dealkylation sites (tertiary alicyclic amines) is 2. The Labute approximate surface area is 228 Å². The molecule has 0 amide bonds. The summed E-state index contributed by atoms with van der Waals surface area (Å²) in [5.41, 5.74) is 14.2. The summed E-state index contributed by atoms with van der Waals surface area (Å²) in [4.78, 5) is 16.2. The highest BCUT2D eigenvalue weighted by molar-refractivity contribution is 5.89. The van der Waals surface area contributed by atoms with Crippen LogP contribution in [0.4, 0.5) is 0 Å². The van der Waals surface area contributed by atoms with Gasteiger partial charge < -0.3 is 20.9 Å². The molecule has 0 bridgehead atoms. The lowest BCUT2D eigenvalue weighted by Crippen LogP contribution is -2.41. The van der Waals surface area contributed by atoms with Gasteiger partial charge in [0.1, 0.15) is 12.4 Å². The van der Waals surface area contributed by atoms with Gasteiger partial charge in [0.2, 0.25) is 0 Å². The number of methoxy groups -OCH3 is 1. The Bertz CT molecular complexity index is 976. The average molecular weight is 524 g/mol. The molecule has 4 N–H and O–H groups in total. The van der Waals surface area contributed by atoms with Gasteiger partial charge in [-0.1, -0.05) is 26.0 Å². The molecule has 2 aromatic carbocycles. The number of esters is 1. The Morgan fingerprint density at radius 3 is 2.08 bits per heavy atom. The lowest BCUT2D eigenvalue weighted by molar-refractivity contribution is 0.0600. The molecule has 8 nitrogen and oxygen atoms in total. The number of nitriles is 1. The largest absolute Gasteiger partial charge is 0.492 e. The highest BCUT2D eigenvalue weighted by Gasteiger charge is 2.17. The van der Waals surface area contributed by atoms with Gasteiger partial charge in [-0.25, -0.2) is 4.79 Å². The molecule has 2 fully saturated rings. The van der Waals surface area contributed by atoms with Crippen molar-refractivity contribution >= 4 is 5.97 Å². The van der Waals surface area contributed by atoms with Crippen LogP contribution in [0.3, 0.4) is 0 Å². The molecule has 8 heteroatoms. The maximum absolute atomic E-state index is 11.4. The molecule has 0 radical (unpaired) electrons. The van der Waals surface area contributed by atoms with Gasteiger partial charge >= 0.3 is 5.97 Å². The monoisotopic (exact) mass is 523 g/mol. The summed E-state index contributed by atoms with van der Waals surface area (Å²) in [5.74, 6) is 0.542. The van der Waals surface area contributed by atoms with Gasteiger partial charge in [0.25, 0.3) is 0 Å². The molecule has 0 unspecified atom stereocenters. The van der Waals surface area contributed by atoms with Crippen molar-refractivity contribution < 1.29 is 14.3 Å². The maximum Gasteiger partial charge on any atom is 0.337 e. The molecule has 0 atom stereocenters. The Hall–Kier alpha value is -2.96. The molecule has 0 saturated carbocycles. The van der Waals surface area contributed by atoms with Crippen molar-refractivity contribution in [1.82, 2.24) is 9.80 Å². The molecule has 4 rings (SSSR count). The van der Waals surface area contributed by atoms with Crippen molar-refractivity contribution in [3.05, 3.63) is 65.2 Å². The number of hydrogen-bond acceptors (Lipinski definition) is 8. The van der Waals surface area contributed by atoms with E-state index in [1.165, 1.54) is 7.11 Å². The van der Waals surface area contributed by atoms with Crippen molar-refractivity contribution in [2.24, 2.45) is 11.5 Å². The van der Waals surface area contributed by atoms with Crippen LogP contribution in [-0.2, 0) is 11.3 Å². The van der Waals surface area contributed by atoms with E-state index in [4.69, 9.17) is 26.2 Å². The zero-order valence-corrected chi connectivity index (χ0v) is 23.3. The Balaban J connectivity index is 0.000000251. The SMILES string of the molecule is CC.COC(=O)c1cccc(CN2CCC(N)CC2)c1.N#Cc1ccc(OCCN2CCC(N)CC2)cc1. The third kappa shape index (κ3) is 11.2. The molecule has 2 aromatic rings. The number of carbonyl (C=O) groups excluding carboxylic acids is 1. The molecule has 2 saturated heterocycles. The number of carbonyl (C=O) groups is 1. The number of ether oxygens (including phenoxy) is 2. The molecule has 0 spiro atoms. The summed E-state index contributed by atoms with van der Waals surface area (Å²) in [6, 6.07) is 17.7. The van der Waals surface area contributed by atoms with E-state index in [2.05, 4.69) is 15.9 Å². The van der Waals surface area contributed by atoms with E-state index >= 15 is 0 Å². The smallest absolute Gasteiger partial charge is 0.337 e. The average Bonchev–Trinajstić information content (AvgIpc) is 2.97. The molecule has 2 aliphatic heterocycles. The maximum atomic E-state index is 11.4. The summed E-state index contributed by atoms with van der Waals surface area (Å²) in [5, 5.41) is 8.69. The lowest BCUT2D eigenvalue weighted by Gasteiger charge is -2.30. The highest BCUT2D eigenvalue weighted by atomic mass is 16.5. The fourth-order valence-corrected chi connectivity index (χ4v) is 4.38. The number of nitrogens with zero attached hydrogens (tertiary/aromatic N) is 3. The summed E-state index contributed by atoms with van der Waals surface area (Å²) < 4.78 is 10.4. The van der Waals surface area contributed by atoms with Crippen molar-refractivity contribution in [2.75, 3.05) is 46.4 Å². The first-order chi connectivity index (χ1) is 18.5. The normalized spacial score (nSPS) is 16.7. The van der Waals surface area contributed by atoms with Crippen LogP contribution in [0.15, 0.2) is 48.5 Å². The zero-order valence-electron chi connectivity index (χ0n) is 23.3. The number of nitrogens with two attached hydrogens (primary N) is 2. The second-order valence-electron chi connectivity index (χ2n) is 9.47. The van der Waals surface area contributed by atoms with Crippen LogP contribution < -0.4 is 16.2 Å². The zero-order chi connectivity index (χ0) is 27.8. The Kier molecular flexibility index (Phi) is 14.4. The summed E-state index contributed by atoms with van der Waals surface area (Å²) >= 11 is 0. The molecule has 208 valence electrons. The van der Waals surface area contributed by atoms with Crippen LogP contribution >= 0.6 is 0 Å². The quantitative estimate of drug-likeness (QED) is 0.527. The van der Waals surface area contributed by atoms with E-state index in [0.29, 0.717) is 29.8 Å². The van der Waals surface area contributed by atoms with Gasteiger partial charge in [0.05, 0.1) is 24.3 Å². The van der Waals surface area contributed by atoms with Crippen LogP contribution in [0.2, 0.25) is 0 Å². The first-order valence-electron chi connectivity index (χ1n) is 13.7. The third-order valence-electron chi connectivity index (χ3n) is 6.68. The van der Waals surface area contributed by atoms with E-state index in [1.807, 2.05) is 44.2 Å². The fourth-order valence-electron chi connectivity index (χ4n) is 4.38. The van der Waals surface area contributed by atoms with Crippen LogP contribution in [0, 0.1) is 11.3 Å². The second kappa shape index (κ2) is 17.5. The first-order valence-corrected chi connectivity index (χ1v) is 13.7. The van der Waals surface area contributed by atoms with Gasteiger partial charge in [-0.05, 0) is 93.8 Å². The van der Waals surface area contributed by atoms with Crippen LogP contribution in [0.1, 0.15) is 61.0 Å². The minimum Gasteiger partial charge on any atom is -0.492 e. The third-order valence-corrected chi connectivity index (χ3v) is 6.68.